The maximum Gasteiger partial charge on any atom is 0.419 e. The van der Waals surface area contributed by atoms with Crippen LogP contribution in [-0.2, 0) is 30.2 Å². The van der Waals surface area contributed by atoms with Gasteiger partial charge in [-0.05, 0) is 71.1 Å². The summed E-state index contributed by atoms with van der Waals surface area (Å²) in [5, 5.41) is 4.14. The predicted octanol–water partition coefficient (Wildman–Crippen LogP) is 4.99. The van der Waals surface area contributed by atoms with Gasteiger partial charge in [-0.15, -0.1) is 0 Å². The van der Waals surface area contributed by atoms with Crippen molar-refractivity contribution in [2.45, 2.75) is 66.9 Å². The Morgan fingerprint density at radius 2 is 1.65 bits per heavy atom. The van der Waals surface area contributed by atoms with Crippen LogP contribution in [0.3, 0.4) is 0 Å². The minimum Gasteiger partial charge on any atom is -0.497 e. The third kappa shape index (κ3) is 8.27. The smallest absolute Gasteiger partial charge is 0.419 e. The number of rotatable bonds is 11. The van der Waals surface area contributed by atoms with Crippen molar-refractivity contribution in [1.29, 1.82) is 0 Å². The predicted molar refractivity (Wildman–Crippen MR) is 142 cm³/mol. The molecule has 9 nitrogen and oxygen atoms in total. The molecule has 1 aromatic heterocycles. The number of benzene rings is 1. The molecule has 2 rings (SSSR count). The molecule has 0 aliphatic rings. The quantitative estimate of drug-likeness (QED) is 0.146. The zero-order valence-electron chi connectivity index (χ0n) is 23.2. The minimum absolute atomic E-state index is 0.113. The molecule has 37 heavy (non-hydrogen) atoms. The van der Waals surface area contributed by atoms with Gasteiger partial charge in [-0.3, -0.25) is 4.57 Å². The minimum atomic E-state index is -0.710. The summed E-state index contributed by atoms with van der Waals surface area (Å²) in [5.41, 5.74) is 1.28. The molecular formula is C28H40N2O7. The number of nitrogens with one attached hydrogen (secondary N) is 1. The van der Waals surface area contributed by atoms with Crippen molar-refractivity contribution in [2.75, 3.05) is 26.9 Å². The molecule has 0 unspecified atom stereocenters. The molecular weight excluding hydrogens is 476 g/mol. The van der Waals surface area contributed by atoms with Crippen molar-refractivity contribution in [3.05, 3.63) is 41.2 Å². The van der Waals surface area contributed by atoms with Gasteiger partial charge in [0.25, 0.3) is 0 Å². The number of hydrogen-bond donors (Lipinski definition) is 1. The van der Waals surface area contributed by atoms with E-state index in [1.807, 2.05) is 46.8 Å². The van der Waals surface area contributed by atoms with Crippen LogP contribution in [0.5, 0.6) is 5.75 Å². The zero-order chi connectivity index (χ0) is 27.8. The average Bonchev–Trinajstić information content (AvgIpc) is 3.16. The van der Waals surface area contributed by atoms with E-state index in [0.717, 1.165) is 10.9 Å². The van der Waals surface area contributed by atoms with E-state index in [0.29, 0.717) is 36.3 Å². The van der Waals surface area contributed by atoms with E-state index < -0.39 is 23.6 Å². The third-order valence-corrected chi connectivity index (χ3v) is 5.29. The molecule has 0 radical (unpaired) electrons. The lowest BCUT2D eigenvalue weighted by molar-refractivity contribution is -0.146. The number of methoxy groups -OCH3 is 1. The Morgan fingerprint density at radius 1 is 1.03 bits per heavy atom. The fourth-order valence-electron chi connectivity index (χ4n) is 3.82. The van der Waals surface area contributed by atoms with Crippen molar-refractivity contribution in [3.63, 3.8) is 0 Å². The lowest BCUT2D eigenvalue weighted by Crippen LogP contribution is -2.28. The summed E-state index contributed by atoms with van der Waals surface area (Å²) in [7, 11) is 1.57. The van der Waals surface area contributed by atoms with E-state index in [9.17, 15) is 14.4 Å². The fourth-order valence-corrected chi connectivity index (χ4v) is 3.82. The second-order valence-electron chi connectivity index (χ2n) is 9.96. The second kappa shape index (κ2) is 13.2. The molecule has 2 aromatic rings. The first kappa shape index (κ1) is 29.7. The normalized spacial score (nSPS) is 11.3. The molecule has 0 saturated heterocycles. The van der Waals surface area contributed by atoms with Gasteiger partial charge in [0, 0.05) is 29.9 Å². The average molecular weight is 517 g/mol. The Hall–Kier alpha value is -3.49. The summed E-state index contributed by atoms with van der Waals surface area (Å²) < 4.78 is 22.7. The maximum atomic E-state index is 12.9. The summed E-state index contributed by atoms with van der Waals surface area (Å²) in [6.07, 6.45) is 2.24. The van der Waals surface area contributed by atoms with E-state index in [4.69, 9.17) is 18.9 Å². The maximum absolute atomic E-state index is 12.9. The molecule has 0 atom stereocenters. The number of carbonyl (C=O) groups is 3. The Bertz CT molecular complexity index is 1120. The molecule has 1 N–H and O–H groups in total. The molecule has 0 aliphatic carbocycles. The van der Waals surface area contributed by atoms with Gasteiger partial charge in [0.05, 0.1) is 25.8 Å². The summed E-state index contributed by atoms with van der Waals surface area (Å²) >= 11 is 0. The third-order valence-electron chi connectivity index (χ3n) is 5.29. The monoisotopic (exact) mass is 516 g/mol. The van der Waals surface area contributed by atoms with Gasteiger partial charge in [-0.25, -0.2) is 14.4 Å². The second-order valence-corrected chi connectivity index (χ2v) is 9.96. The van der Waals surface area contributed by atoms with Crippen LogP contribution in [0.4, 0.5) is 4.79 Å². The van der Waals surface area contributed by atoms with Crippen molar-refractivity contribution in [1.82, 2.24) is 9.88 Å². The topological polar surface area (TPSA) is 105 Å². The van der Waals surface area contributed by atoms with E-state index in [1.165, 1.54) is 4.57 Å². The molecule has 0 fully saturated rings. The van der Waals surface area contributed by atoms with Gasteiger partial charge < -0.3 is 24.3 Å². The number of ether oxygens (including phenoxy) is 4. The molecule has 0 bridgehead atoms. The molecule has 204 valence electrons. The van der Waals surface area contributed by atoms with Crippen LogP contribution in [-0.4, -0.2) is 55.1 Å². The number of allylic oxidation sites excluding steroid dienone is 1. The largest absolute Gasteiger partial charge is 0.497 e. The first-order valence-electron chi connectivity index (χ1n) is 12.6. The van der Waals surface area contributed by atoms with Crippen molar-refractivity contribution >= 4 is 28.9 Å². The summed E-state index contributed by atoms with van der Waals surface area (Å²) in [5.74, 6) is -0.630. The van der Waals surface area contributed by atoms with Crippen LogP contribution in [0.25, 0.3) is 10.9 Å². The molecule has 0 spiro atoms. The number of nitrogens with zero attached hydrogens (tertiary/aromatic N) is 1. The van der Waals surface area contributed by atoms with Gasteiger partial charge in [0.1, 0.15) is 11.4 Å². The van der Waals surface area contributed by atoms with E-state index >= 15 is 0 Å². The van der Waals surface area contributed by atoms with Crippen molar-refractivity contribution < 1.29 is 33.3 Å². The standard InChI is InChI=1S/C28H40N2O7/c1-9-35-25(31)24(26(32)36-10-2)22(15-18(3)4)29-14-13-19-17-30(27(33)37-28(5,6)7)23-16-20(34-8)11-12-21(19)23/h11-12,16-18,29H,9-10,13-15H2,1-8H3. The van der Waals surface area contributed by atoms with Crippen LogP contribution in [0.1, 0.15) is 60.5 Å². The number of carbonyl (C=O) groups excluding carboxylic acids is 3. The van der Waals surface area contributed by atoms with Crippen molar-refractivity contribution in [3.8, 4) is 5.75 Å². The van der Waals surface area contributed by atoms with Gasteiger partial charge in [0.15, 0.2) is 5.57 Å². The van der Waals surface area contributed by atoms with E-state index in [1.54, 1.807) is 33.2 Å². The lowest BCUT2D eigenvalue weighted by Gasteiger charge is -2.19. The summed E-state index contributed by atoms with van der Waals surface area (Å²) in [4.78, 5) is 38.2. The summed E-state index contributed by atoms with van der Waals surface area (Å²) in [6, 6.07) is 5.53. The zero-order valence-corrected chi connectivity index (χ0v) is 23.2. The molecule has 0 saturated carbocycles. The van der Waals surface area contributed by atoms with E-state index in [-0.39, 0.29) is 24.7 Å². The number of aromatic nitrogens is 1. The van der Waals surface area contributed by atoms with Gasteiger partial charge in [-0.1, -0.05) is 13.8 Å². The van der Waals surface area contributed by atoms with E-state index in [2.05, 4.69) is 5.32 Å². The highest BCUT2D eigenvalue weighted by Crippen LogP contribution is 2.27. The first-order valence-corrected chi connectivity index (χ1v) is 12.6. The molecule has 9 heteroatoms. The SMILES string of the molecule is CCOC(=O)C(C(=O)OCC)=C(CC(C)C)NCCc1cn(C(=O)OC(C)(C)C)c2cc(OC)ccc12. The Labute approximate surface area is 219 Å². The van der Waals surface area contributed by atoms with Gasteiger partial charge in [0.2, 0.25) is 0 Å². The fraction of sp³-hybridized carbons (Fsp3) is 0.536. The molecule has 1 aromatic carbocycles. The summed E-state index contributed by atoms with van der Waals surface area (Å²) in [6.45, 7) is 13.5. The Morgan fingerprint density at radius 3 is 2.16 bits per heavy atom. The van der Waals surface area contributed by atoms with Crippen LogP contribution < -0.4 is 10.1 Å². The number of hydrogen-bond acceptors (Lipinski definition) is 8. The highest BCUT2D eigenvalue weighted by atomic mass is 16.6. The van der Waals surface area contributed by atoms with Crippen LogP contribution in [0.2, 0.25) is 0 Å². The first-order chi connectivity index (χ1) is 17.4. The number of fused-ring (bicyclic) bond motifs is 1. The van der Waals surface area contributed by atoms with Crippen LogP contribution in [0, 0.1) is 5.92 Å². The van der Waals surface area contributed by atoms with Gasteiger partial charge in [-0.2, -0.15) is 0 Å². The molecule has 0 aliphatic heterocycles. The van der Waals surface area contributed by atoms with Crippen molar-refractivity contribution in [2.24, 2.45) is 5.92 Å². The van der Waals surface area contributed by atoms with Gasteiger partial charge >= 0.3 is 18.0 Å². The highest BCUT2D eigenvalue weighted by molar-refractivity contribution is 6.14. The Kier molecular flexibility index (Phi) is 10.6. The lowest BCUT2D eigenvalue weighted by atomic mass is 10.0. The molecule has 1 heterocycles. The number of esters is 2. The highest BCUT2D eigenvalue weighted by Gasteiger charge is 2.27. The van der Waals surface area contributed by atoms with Crippen LogP contribution >= 0.6 is 0 Å². The van der Waals surface area contributed by atoms with Crippen LogP contribution in [0.15, 0.2) is 35.7 Å². The Balaban J connectivity index is 2.41. The molecule has 0 amide bonds.